The highest BCUT2D eigenvalue weighted by molar-refractivity contribution is 5.42. The first-order valence-corrected chi connectivity index (χ1v) is 4.62. The van der Waals surface area contributed by atoms with E-state index in [4.69, 9.17) is 5.26 Å². The van der Waals surface area contributed by atoms with Crippen LogP contribution in [0.1, 0.15) is 5.69 Å². The molecule has 6 heteroatoms. The second kappa shape index (κ2) is 3.17. The standard InChI is InChI=1S/C10H6N6/c11-4-8-5-15(7-13-8)10-3-1-2-9-12-6-14-16(9)10/h1-3,5-7H. The van der Waals surface area contributed by atoms with Gasteiger partial charge in [-0.05, 0) is 12.1 Å². The molecule has 0 spiro atoms. The SMILES string of the molecule is N#Cc1cn(-c2cccc3ncnn23)cn1. The molecule has 0 N–H and O–H groups in total. The number of nitriles is 1. The largest absolute Gasteiger partial charge is 0.289 e. The van der Waals surface area contributed by atoms with Crippen LogP contribution in [0.5, 0.6) is 0 Å². The Balaban J connectivity index is 2.26. The topological polar surface area (TPSA) is 71.8 Å². The Morgan fingerprint density at radius 2 is 2.19 bits per heavy atom. The van der Waals surface area contributed by atoms with Crippen LogP contribution in [0.4, 0.5) is 0 Å². The average Bonchev–Trinajstić information content (AvgIpc) is 2.97. The Morgan fingerprint density at radius 3 is 3.00 bits per heavy atom. The Hall–Kier alpha value is -2.68. The van der Waals surface area contributed by atoms with Gasteiger partial charge in [0.05, 0.1) is 0 Å². The van der Waals surface area contributed by atoms with E-state index in [0.29, 0.717) is 5.69 Å². The molecule has 3 aromatic heterocycles. The van der Waals surface area contributed by atoms with E-state index in [9.17, 15) is 0 Å². The molecule has 0 bridgehead atoms. The molecular formula is C10H6N6. The predicted octanol–water partition coefficient (Wildman–Crippen LogP) is 0.787. The van der Waals surface area contributed by atoms with E-state index >= 15 is 0 Å². The van der Waals surface area contributed by atoms with Crippen molar-refractivity contribution >= 4 is 5.65 Å². The zero-order valence-corrected chi connectivity index (χ0v) is 8.15. The van der Waals surface area contributed by atoms with Crippen LogP contribution in [0.3, 0.4) is 0 Å². The van der Waals surface area contributed by atoms with Crippen LogP contribution >= 0.6 is 0 Å². The van der Waals surface area contributed by atoms with Crippen LogP contribution in [-0.2, 0) is 0 Å². The molecule has 3 rings (SSSR count). The van der Waals surface area contributed by atoms with E-state index in [1.165, 1.54) is 6.33 Å². The fraction of sp³-hybridized carbons (Fsp3) is 0. The summed E-state index contributed by atoms with van der Waals surface area (Å²) in [6.07, 6.45) is 4.71. The van der Waals surface area contributed by atoms with Crippen molar-refractivity contribution in [2.75, 3.05) is 0 Å². The number of fused-ring (bicyclic) bond motifs is 1. The molecule has 0 amide bonds. The van der Waals surface area contributed by atoms with Gasteiger partial charge in [0.1, 0.15) is 24.5 Å². The third-order valence-electron chi connectivity index (χ3n) is 2.24. The summed E-state index contributed by atoms with van der Waals surface area (Å²) in [7, 11) is 0. The zero-order valence-electron chi connectivity index (χ0n) is 8.15. The predicted molar refractivity (Wildman–Crippen MR) is 54.8 cm³/mol. The molecule has 0 saturated heterocycles. The van der Waals surface area contributed by atoms with Crippen molar-refractivity contribution in [3.8, 4) is 11.9 Å². The summed E-state index contributed by atoms with van der Waals surface area (Å²) in [5.41, 5.74) is 1.13. The number of rotatable bonds is 1. The van der Waals surface area contributed by atoms with Crippen molar-refractivity contribution in [2.45, 2.75) is 0 Å². The van der Waals surface area contributed by atoms with Gasteiger partial charge in [-0.25, -0.2) is 9.97 Å². The molecule has 3 aromatic rings. The quantitative estimate of drug-likeness (QED) is 0.595. The second-order valence-electron chi connectivity index (χ2n) is 3.19. The monoisotopic (exact) mass is 210 g/mol. The van der Waals surface area contributed by atoms with Crippen molar-refractivity contribution in [3.63, 3.8) is 0 Å². The highest BCUT2D eigenvalue weighted by Crippen LogP contribution is 2.09. The Labute approximate surface area is 90.4 Å². The minimum absolute atomic E-state index is 0.372. The highest BCUT2D eigenvalue weighted by Gasteiger charge is 2.05. The van der Waals surface area contributed by atoms with E-state index in [0.717, 1.165) is 11.5 Å². The molecule has 0 saturated carbocycles. The molecule has 0 aliphatic carbocycles. The molecule has 0 atom stereocenters. The van der Waals surface area contributed by atoms with Gasteiger partial charge in [-0.2, -0.15) is 14.9 Å². The number of hydrogen-bond acceptors (Lipinski definition) is 4. The van der Waals surface area contributed by atoms with Gasteiger partial charge in [-0.3, -0.25) is 4.57 Å². The summed E-state index contributed by atoms with van der Waals surface area (Å²) in [5.74, 6) is 0.795. The van der Waals surface area contributed by atoms with E-state index in [1.54, 1.807) is 21.6 Å². The molecule has 0 aromatic carbocycles. The Bertz CT molecular complexity index is 686. The summed E-state index contributed by atoms with van der Waals surface area (Å²) in [5, 5.41) is 12.8. The molecule has 76 valence electrons. The third-order valence-corrected chi connectivity index (χ3v) is 2.24. The molecular weight excluding hydrogens is 204 g/mol. The fourth-order valence-electron chi connectivity index (χ4n) is 1.53. The molecule has 3 heterocycles. The Kier molecular flexibility index (Phi) is 1.71. The average molecular weight is 210 g/mol. The van der Waals surface area contributed by atoms with Gasteiger partial charge in [0, 0.05) is 6.20 Å². The van der Waals surface area contributed by atoms with Crippen molar-refractivity contribution in [1.29, 1.82) is 5.26 Å². The first-order valence-electron chi connectivity index (χ1n) is 4.62. The van der Waals surface area contributed by atoms with Gasteiger partial charge < -0.3 is 0 Å². The van der Waals surface area contributed by atoms with E-state index < -0.39 is 0 Å². The van der Waals surface area contributed by atoms with Gasteiger partial charge in [0.15, 0.2) is 11.3 Å². The molecule has 0 aliphatic heterocycles. The normalized spacial score (nSPS) is 10.4. The molecule has 16 heavy (non-hydrogen) atoms. The lowest BCUT2D eigenvalue weighted by atomic mass is 10.4. The highest BCUT2D eigenvalue weighted by atomic mass is 15.3. The molecule has 0 unspecified atom stereocenters. The summed E-state index contributed by atoms with van der Waals surface area (Å²) in [6.45, 7) is 0. The van der Waals surface area contributed by atoms with Crippen molar-refractivity contribution in [3.05, 3.63) is 42.7 Å². The van der Waals surface area contributed by atoms with E-state index in [-0.39, 0.29) is 0 Å². The maximum Gasteiger partial charge on any atom is 0.158 e. The first-order chi connectivity index (χ1) is 7.88. The number of nitrogens with zero attached hydrogens (tertiary/aromatic N) is 6. The van der Waals surface area contributed by atoms with Gasteiger partial charge in [0.2, 0.25) is 0 Å². The van der Waals surface area contributed by atoms with E-state index in [2.05, 4.69) is 15.1 Å². The zero-order chi connectivity index (χ0) is 11.0. The minimum Gasteiger partial charge on any atom is -0.289 e. The number of aromatic nitrogens is 5. The van der Waals surface area contributed by atoms with Crippen LogP contribution in [-0.4, -0.2) is 24.1 Å². The van der Waals surface area contributed by atoms with Crippen LogP contribution in [0.2, 0.25) is 0 Å². The molecule has 0 radical (unpaired) electrons. The lowest BCUT2D eigenvalue weighted by molar-refractivity contribution is 0.867. The maximum atomic E-state index is 8.71. The lowest BCUT2D eigenvalue weighted by Gasteiger charge is -2.03. The second-order valence-corrected chi connectivity index (χ2v) is 3.19. The first kappa shape index (κ1) is 8.61. The molecule has 0 aliphatic rings. The van der Waals surface area contributed by atoms with Crippen LogP contribution < -0.4 is 0 Å². The van der Waals surface area contributed by atoms with Crippen molar-refractivity contribution in [2.24, 2.45) is 0 Å². The number of hydrogen-bond donors (Lipinski definition) is 0. The van der Waals surface area contributed by atoms with Gasteiger partial charge in [-0.15, -0.1) is 0 Å². The van der Waals surface area contributed by atoms with Crippen LogP contribution in [0, 0.1) is 11.3 Å². The van der Waals surface area contributed by atoms with Gasteiger partial charge in [0.25, 0.3) is 0 Å². The summed E-state index contributed by atoms with van der Waals surface area (Å²) in [4.78, 5) is 8.03. The minimum atomic E-state index is 0.372. The van der Waals surface area contributed by atoms with E-state index in [1.807, 2.05) is 24.3 Å². The molecule has 0 fully saturated rings. The number of imidazole rings is 1. The Morgan fingerprint density at radius 1 is 1.25 bits per heavy atom. The maximum absolute atomic E-state index is 8.71. The van der Waals surface area contributed by atoms with Crippen molar-refractivity contribution in [1.82, 2.24) is 24.1 Å². The van der Waals surface area contributed by atoms with Crippen LogP contribution in [0.25, 0.3) is 11.5 Å². The summed E-state index contributed by atoms with van der Waals surface area (Å²) < 4.78 is 3.42. The van der Waals surface area contributed by atoms with Crippen molar-refractivity contribution < 1.29 is 0 Å². The number of pyridine rings is 1. The fourth-order valence-corrected chi connectivity index (χ4v) is 1.53. The molecule has 6 nitrogen and oxygen atoms in total. The smallest absolute Gasteiger partial charge is 0.158 e. The van der Waals surface area contributed by atoms with Gasteiger partial charge >= 0.3 is 0 Å². The third kappa shape index (κ3) is 1.15. The summed E-state index contributed by atoms with van der Waals surface area (Å²) in [6, 6.07) is 7.60. The lowest BCUT2D eigenvalue weighted by Crippen LogP contribution is -2.00. The van der Waals surface area contributed by atoms with Crippen LogP contribution in [0.15, 0.2) is 37.1 Å². The summed E-state index contributed by atoms with van der Waals surface area (Å²) >= 11 is 0. The van der Waals surface area contributed by atoms with Gasteiger partial charge in [-0.1, -0.05) is 6.07 Å².